The summed E-state index contributed by atoms with van der Waals surface area (Å²) >= 11 is 0. The molecule has 0 unspecified atom stereocenters. The number of aliphatic carboxylic acids is 3. The second-order valence-corrected chi connectivity index (χ2v) is 21.8. The first-order chi connectivity index (χ1) is 45.0. The van der Waals surface area contributed by atoms with Crippen LogP contribution in [0.15, 0.2) is 23.0 Å². The number of rotatable bonds is 39. The van der Waals surface area contributed by atoms with Crippen molar-refractivity contribution in [2.45, 2.75) is 151 Å². The number of hydroxylamine groups is 2. The number of primary amides is 1. The molecule has 0 aromatic carbocycles. The second-order valence-electron chi connectivity index (χ2n) is 21.8. The number of hydrogen-bond donors (Lipinski definition) is 24. The van der Waals surface area contributed by atoms with E-state index in [-0.39, 0.29) is 60.1 Å². The highest BCUT2D eigenvalue weighted by Crippen LogP contribution is 2.40. The van der Waals surface area contributed by atoms with Crippen LogP contribution in [0.4, 0.5) is 11.5 Å². The van der Waals surface area contributed by atoms with Crippen molar-refractivity contribution < 1.29 is 128 Å². The van der Waals surface area contributed by atoms with Crippen molar-refractivity contribution in [3.63, 3.8) is 0 Å². The maximum Gasteiger partial charge on any atom is 0.335 e. The number of aliphatic hydroxyl groups is 6. The molecule has 0 fully saturated rings. The maximum atomic E-state index is 14.4. The monoisotopic (exact) mass is 1370 g/mol. The first-order valence-corrected chi connectivity index (χ1v) is 29.2. The van der Waals surface area contributed by atoms with Crippen LogP contribution in [0.5, 0.6) is 5.75 Å². The van der Waals surface area contributed by atoms with E-state index in [1.54, 1.807) is 10.6 Å². The number of hydrogen-bond acceptors (Lipinski definition) is 26. The minimum Gasteiger partial charge on any atom is -0.504 e. The molecule has 0 spiro atoms. The molecule has 532 valence electrons. The third-order valence-electron chi connectivity index (χ3n) is 14.0. The topological polar surface area (TPSA) is 688 Å². The minimum absolute atomic E-state index is 0.00213. The van der Waals surface area contributed by atoms with Gasteiger partial charge in [-0.2, -0.15) is 0 Å². The van der Waals surface area contributed by atoms with E-state index < -0.39 is 237 Å². The number of pyridine rings is 1. The highest BCUT2D eigenvalue weighted by Gasteiger charge is 2.40. The highest BCUT2D eigenvalue weighted by atomic mass is 16.5. The van der Waals surface area contributed by atoms with Gasteiger partial charge in [0.05, 0.1) is 62.3 Å². The van der Waals surface area contributed by atoms with Crippen molar-refractivity contribution in [3.05, 3.63) is 28.4 Å². The second kappa shape index (κ2) is 37.6. The van der Waals surface area contributed by atoms with Gasteiger partial charge in [0.2, 0.25) is 76.3 Å². The minimum atomic E-state index is -2.79. The highest BCUT2D eigenvalue weighted by molar-refractivity contribution is 6.01. The quantitative estimate of drug-likeness (QED) is 0.0218. The van der Waals surface area contributed by atoms with Crippen molar-refractivity contribution in [1.82, 2.24) is 57.5 Å². The van der Waals surface area contributed by atoms with Crippen LogP contribution in [0.3, 0.4) is 0 Å². The van der Waals surface area contributed by atoms with Crippen LogP contribution in [0.2, 0.25) is 0 Å². The number of carboxylic acids is 3. The fraction of sp³-hybridized carbons (Fsp3) is 0.556. The molecule has 0 bridgehead atoms. The summed E-state index contributed by atoms with van der Waals surface area (Å²) in [7, 11) is 0. The standard InChI is InChI=1S/C54H79N15O27/c1-21(72)13-38(80)68(96)12-4-5-25(61-47(86)28(16-39(81)82)63-50(89)31-9-11-57-44-27(59-36(78)7-6-35(56)77)14-24-15-33(75)34(76)17-32(24)69(31)44)45(84)62-26(8-10-55)46(85)65-40(22(2)73)51(90)58-18-37(79)60-29(19-70)48(87)64-30(20-71)49(88)67-42(43(83)54(94)95)52(91)66-41(23(3)74)53(92)93/h14-15,17,21-23,25-26,28-31,40-43,57,70-75,83,96H,4-13,16,18-20,55H2,1-3H3,(H2,56,77)(H,58,90)(H,59,78)(H,60,79)(H,61,86)(H,62,84)(H,63,89)(H,64,87)(H,65,85)(H,66,91)(H,67,88)(H,81,82)(H,92,93)(H,94,95)/t21-,22-,23-,25-,26-,28+,29+,30+,31+,40+,41+,42+,43+/m1/s1. The summed E-state index contributed by atoms with van der Waals surface area (Å²) in [5.41, 5.74) is 10.1. The molecule has 2 heterocycles. The van der Waals surface area contributed by atoms with Crippen LogP contribution < -0.4 is 75.4 Å². The number of carbonyl (C=O) groups excluding carboxylic acids is 12. The van der Waals surface area contributed by atoms with Crippen molar-refractivity contribution in [3.8, 4) is 17.0 Å². The summed E-state index contributed by atoms with van der Waals surface area (Å²) in [4.78, 5) is 207. The van der Waals surface area contributed by atoms with Crippen molar-refractivity contribution in [1.29, 1.82) is 0 Å². The summed E-state index contributed by atoms with van der Waals surface area (Å²) in [5.74, 6) is -21.1. The number of phenols is 1. The summed E-state index contributed by atoms with van der Waals surface area (Å²) in [6.07, 6.45) is -11.6. The summed E-state index contributed by atoms with van der Waals surface area (Å²) in [5, 5.41) is 133. The van der Waals surface area contributed by atoms with Crippen LogP contribution in [0.1, 0.15) is 78.2 Å². The molecule has 3 rings (SSSR count). The molecule has 26 N–H and O–H groups in total. The Morgan fingerprint density at radius 2 is 1.18 bits per heavy atom. The van der Waals surface area contributed by atoms with E-state index in [0.29, 0.717) is 0 Å². The van der Waals surface area contributed by atoms with E-state index in [0.717, 1.165) is 26.0 Å². The lowest BCUT2D eigenvalue weighted by Crippen LogP contribution is -2.63. The Morgan fingerprint density at radius 1 is 0.635 bits per heavy atom. The van der Waals surface area contributed by atoms with Crippen LogP contribution in [-0.4, -0.2) is 267 Å². The zero-order valence-electron chi connectivity index (χ0n) is 51.6. The van der Waals surface area contributed by atoms with Gasteiger partial charge in [-0.1, -0.05) is 0 Å². The number of nitrogens with one attached hydrogen (secondary N) is 11. The number of aromatic nitrogens is 1. The summed E-state index contributed by atoms with van der Waals surface area (Å²) < 4.78 is 1.23. The Balaban J connectivity index is 1.86. The van der Waals surface area contributed by atoms with Gasteiger partial charge in [-0.25, -0.2) is 14.7 Å². The van der Waals surface area contributed by atoms with Crippen molar-refractivity contribution in [2.75, 3.05) is 50.0 Å². The van der Waals surface area contributed by atoms with Crippen LogP contribution in [-0.2, 0) is 71.9 Å². The van der Waals surface area contributed by atoms with Gasteiger partial charge in [0, 0.05) is 37.6 Å². The normalized spacial score (nSPS) is 16.2. The van der Waals surface area contributed by atoms with E-state index in [9.17, 15) is 133 Å². The third kappa shape index (κ3) is 24.0. The molecule has 12 amide bonds. The van der Waals surface area contributed by atoms with Crippen molar-refractivity contribution in [2.24, 2.45) is 11.5 Å². The Bertz CT molecular complexity index is 3240. The number of carboxylic acid groups (broad SMARTS) is 3. The lowest BCUT2D eigenvalue weighted by molar-refractivity contribution is -0.167. The first-order valence-electron chi connectivity index (χ1n) is 29.2. The zero-order chi connectivity index (χ0) is 72.6. The smallest absolute Gasteiger partial charge is 0.335 e. The lowest BCUT2D eigenvalue weighted by atomic mass is 10.0. The molecule has 13 atom stereocenters. The molecular formula is C54H79N15O27. The molecule has 42 nitrogen and oxygen atoms in total. The molecule has 3 aliphatic rings. The van der Waals surface area contributed by atoms with Gasteiger partial charge in [-0.05, 0) is 65.1 Å². The molecule has 0 saturated carbocycles. The molecule has 1 aliphatic carbocycles. The number of anilines is 2. The number of aliphatic hydroxyl groups excluding tert-OH is 6. The lowest BCUT2D eigenvalue weighted by Gasteiger charge is -2.34. The number of carbonyl (C=O) groups is 15. The number of nitrogens with zero attached hydrogens (tertiary/aromatic N) is 2. The van der Waals surface area contributed by atoms with E-state index in [4.69, 9.17) is 11.5 Å². The predicted octanol–water partition coefficient (Wildman–Crippen LogP) is -10.9. The van der Waals surface area contributed by atoms with E-state index >= 15 is 0 Å². The van der Waals surface area contributed by atoms with Crippen molar-refractivity contribution >= 4 is 100 Å². The number of aromatic hydroxyl groups is 1. The van der Waals surface area contributed by atoms with E-state index in [1.165, 1.54) is 17.6 Å². The first kappa shape index (κ1) is 80.0. The number of fused-ring (bicyclic) bond motifs is 3. The van der Waals surface area contributed by atoms with Gasteiger partial charge in [0.1, 0.15) is 54.2 Å². The molecule has 2 aliphatic heterocycles. The molecule has 96 heavy (non-hydrogen) atoms. The van der Waals surface area contributed by atoms with Gasteiger partial charge < -0.3 is 126 Å². The van der Waals surface area contributed by atoms with Crippen LogP contribution in [0, 0.1) is 0 Å². The van der Waals surface area contributed by atoms with Gasteiger partial charge in [-0.3, -0.25) is 72.3 Å². The predicted molar refractivity (Wildman–Crippen MR) is 320 cm³/mol. The number of nitrogens with two attached hydrogens (primary N) is 2. The summed E-state index contributed by atoms with van der Waals surface area (Å²) in [6, 6.07) is -14.6. The Kier molecular flexibility index (Phi) is 31.3. The van der Waals surface area contributed by atoms with Gasteiger partial charge >= 0.3 is 17.9 Å². The molecule has 0 saturated heterocycles. The fourth-order valence-corrected chi connectivity index (χ4v) is 9.11. The number of benzene rings is 1. The number of amides is 12. The Labute approximate surface area is 542 Å². The zero-order valence-corrected chi connectivity index (χ0v) is 51.6. The van der Waals surface area contributed by atoms with Crippen LogP contribution >= 0.6 is 0 Å². The largest absolute Gasteiger partial charge is 0.504 e. The molecule has 0 radical (unpaired) electrons. The maximum absolute atomic E-state index is 14.4. The average molecular weight is 1370 g/mol. The van der Waals surface area contributed by atoms with Gasteiger partial charge in [-0.15, -0.1) is 0 Å². The number of phenolic OH excluding ortho intramolecular Hbond substituents is 1. The third-order valence-corrected chi connectivity index (χ3v) is 14.0. The SMILES string of the molecule is C[C@@H](O)CC(=O)N(O)CCC[C@@H](NC(=O)[C@H](CC(=O)O)NC(=O)[C@@H]1CCNc2c(NC(=O)CCC(N)=O)cc3cc(O)c(=O)cc-3n21)C(=O)N[C@H](CCN)C(=O)N[C@H](C(=O)NCC(=O)N[C@@H](CO)C(=O)N[C@@H](CO)C(=O)N[C@H](C(=O)N[C@H](C(=O)O)[C@@H](C)O)[C@H](O)C(=O)O)[C@@H](C)O. The van der Waals surface area contributed by atoms with E-state index in [2.05, 4.69) is 31.9 Å². The Morgan fingerprint density at radius 3 is 1.73 bits per heavy atom. The van der Waals surface area contributed by atoms with Crippen LogP contribution in [0.25, 0.3) is 11.3 Å². The summed E-state index contributed by atoms with van der Waals surface area (Å²) in [6.45, 7) is -1.56. The fourth-order valence-electron chi connectivity index (χ4n) is 9.11. The van der Waals surface area contributed by atoms with E-state index in [1.807, 2.05) is 16.0 Å². The molecular weight excluding hydrogens is 1290 g/mol. The molecule has 0 aromatic rings. The average Bonchev–Trinajstić information content (AvgIpc) is 0.750. The molecule has 42 heteroatoms. The Hall–Kier alpha value is -10.2. The van der Waals surface area contributed by atoms with Gasteiger partial charge in [0.25, 0.3) is 0 Å². The molecule has 0 aromatic heterocycles. The van der Waals surface area contributed by atoms with Gasteiger partial charge in [0.15, 0.2) is 17.9 Å².